The number of rotatable bonds is 4. The van der Waals surface area contributed by atoms with Crippen molar-refractivity contribution in [2.45, 2.75) is 87.3 Å². The minimum Gasteiger partial charge on any atom is -0.390 e. The number of carbonyl (C=O) groups excluding carboxylic acids is 2. The second kappa shape index (κ2) is 4.88. The number of amides is 2. The summed E-state index contributed by atoms with van der Waals surface area (Å²) in [6.45, 7) is 2.07. The summed E-state index contributed by atoms with van der Waals surface area (Å²) >= 11 is 0. The van der Waals surface area contributed by atoms with Crippen LogP contribution in [-0.2, 0) is 9.59 Å². The van der Waals surface area contributed by atoms with Gasteiger partial charge in [0.25, 0.3) is 0 Å². The van der Waals surface area contributed by atoms with Gasteiger partial charge in [0.05, 0.1) is 17.1 Å². The molecule has 2 saturated heterocycles. The maximum Gasteiger partial charge on any atom is 0.232 e. The molecule has 3 aliphatic heterocycles. The smallest absolute Gasteiger partial charge is 0.232 e. The van der Waals surface area contributed by atoms with Crippen molar-refractivity contribution in [1.29, 1.82) is 0 Å². The summed E-state index contributed by atoms with van der Waals surface area (Å²) in [5.41, 5.74) is 3.04. The number of fused-ring (bicyclic) bond motifs is 1. The van der Waals surface area contributed by atoms with Gasteiger partial charge in [-0.3, -0.25) is 9.59 Å². The van der Waals surface area contributed by atoms with Crippen molar-refractivity contribution >= 4 is 17.5 Å². The van der Waals surface area contributed by atoms with E-state index in [1.165, 1.54) is 18.4 Å². The van der Waals surface area contributed by atoms with Gasteiger partial charge in [0, 0.05) is 30.0 Å². The first-order chi connectivity index (χ1) is 13.8. The fourth-order valence-electron chi connectivity index (χ4n) is 8.24. The highest BCUT2D eigenvalue weighted by molar-refractivity contribution is 6.04. The van der Waals surface area contributed by atoms with Gasteiger partial charge in [-0.2, -0.15) is 0 Å². The SMILES string of the molecule is CC(CC(=O)N1C2CC3(O)CC4(C2)CC14C3)C1C(=O)Nc2cccc(C3CC3)c21. The monoisotopic (exact) mass is 392 g/mol. The lowest BCUT2D eigenvalue weighted by atomic mass is 9.76. The minimum absolute atomic E-state index is 0.0193. The van der Waals surface area contributed by atoms with Crippen molar-refractivity contribution in [2.24, 2.45) is 11.3 Å². The van der Waals surface area contributed by atoms with E-state index in [9.17, 15) is 14.7 Å². The van der Waals surface area contributed by atoms with Crippen molar-refractivity contribution in [1.82, 2.24) is 4.90 Å². The average molecular weight is 392 g/mol. The largest absolute Gasteiger partial charge is 0.390 e. The van der Waals surface area contributed by atoms with E-state index in [4.69, 9.17) is 0 Å². The molecule has 4 aliphatic carbocycles. The Labute approximate surface area is 170 Å². The molecule has 5 heteroatoms. The molecular weight excluding hydrogens is 364 g/mol. The Morgan fingerprint density at radius 3 is 2.86 bits per heavy atom. The predicted octanol–water partition coefficient (Wildman–Crippen LogP) is 3.28. The molecule has 3 heterocycles. The molecule has 6 atom stereocenters. The third kappa shape index (κ3) is 1.96. The number of nitrogens with one attached hydrogen (secondary N) is 1. The van der Waals surface area contributed by atoms with Crippen LogP contribution in [0.2, 0.25) is 0 Å². The van der Waals surface area contributed by atoms with E-state index in [0.29, 0.717) is 12.3 Å². The molecule has 1 aromatic rings. The molecule has 2 amide bonds. The van der Waals surface area contributed by atoms with Crippen LogP contribution in [0.15, 0.2) is 18.2 Å². The summed E-state index contributed by atoms with van der Waals surface area (Å²) in [6, 6.07) is 6.42. The van der Waals surface area contributed by atoms with Gasteiger partial charge < -0.3 is 15.3 Å². The number of aliphatic hydroxyl groups is 1. The maximum absolute atomic E-state index is 13.5. The van der Waals surface area contributed by atoms with Gasteiger partial charge in [0.1, 0.15) is 0 Å². The lowest BCUT2D eigenvalue weighted by Gasteiger charge is -2.46. The van der Waals surface area contributed by atoms with Crippen LogP contribution in [0.3, 0.4) is 0 Å². The molecular formula is C24H28N2O3. The molecule has 6 fully saturated rings. The molecule has 8 rings (SSSR count). The lowest BCUT2D eigenvalue weighted by Crippen LogP contribution is -2.55. The van der Waals surface area contributed by atoms with Crippen molar-refractivity contribution < 1.29 is 14.7 Å². The third-order valence-corrected chi connectivity index (χ3v) is 9.19. The number of carbonyl (C=O) groups is 2. The van der Waals surface area contributed by atoms with Crippen LogP contribution in [0.25, 0.3) is 0 Å². The van der Waals surface area contributed by atoms with E-state index in [-0.39, 0.29) is 40.6 Å². The van der Waals surface area contributed by atoms with Gasteiger partial charge in [-0.25, -0.2) is 0 Å². The number of anilines is 1. The maximum atomic E-state index is 13.5. The fourth-order valence-corrected chi connectivity index (χ4v) is 8.24. The lowest BCUT2D eigenvalue weighted by molar-refractivity contribution is -0.144. The zero-order valence-corrected chi connectivity index (χ0v) is 16.9. The number of hydrogen-bond acceptors (Lipinski definition) is 3. The summed E-state index contributed by atoms with van der Waals surface area (Å²) in [7, 11) is 0. The second-order valence-electron chi connectivity index (χ2n) is 11.1. The van der Waals surface area contributed by atoms with Crippen LogP contribution in [-0.4, -0.2) is 39.0 Å². The molecule has 6 unspecified atom stereocenters. The number of piperidine rings is 2. The van der Waals surface area contributed by atoms with Crippen molar-refractivity contribution in [3.8, 4) is 0 Å². The third-order valence-electron chi connectivity index (χ3n) is 9.19. The summed E-state index contributed by atoms with van der Waals surface area (Å²) in [4.78, 5) is 28.5. The molecule has 0 radical (unpaired) electrons. The minimum atomic E-state index is -0.521. The van der Waals surface area contributed by atoms with Gasteiger partial charge >= 0.3 is 0 Å². The first kappa shape index (κ1) is 16.9. The first-order valence-electron chi connectivity index (χ1n) is 11.3. The van der Waals surface area contributed by atoms with Crippen LogP contribution in [0.1, 0.15) is 81.3 Å². The Bertz CT molecular complexity index is 984. The normalized spacial score (nSPS) is 43.9. The molecule has 0 aromatic heterocycles. The summed E-state index contributed by atoms with van der Waals surface area (Å²) in [6.07, 6.45) is 7.39. The van der Waals surface area contributed by atoms with E-state index >= 15 is 0 Å². The standard InChI is InChI=1S/C24H28N2O3/c1-13(19-20-16(14-5-6-14)3-2-4-17(20)25-21(19)28)7-18(27)26-15-8-22-10-23(29,9-15)12-24(22,26)11-22/h2-4,13-15,19,29H,5-12H2,1H3,(H,25,28). The van der Waals surface area contributed by atoms with Crippen LogP contribution in [0.4, 0.5) is 5.69 Å². The van der Waals surface area contributed by atoms with Gasteiger partial charge in [-0.05, 0) is 67.6 Å². The molecule has 4 bridgehead atoms. The molecule has 4 saturated carbocycles. The van der Waals surface area contributed by atoms with Crippen LogP contribution in [0.5, 0.6) is 0 Å². The van der Waals surface area contributed by atoms with Crippen LogP contribution in [0, 0.1) is 11.3 Å². The highest BCUT2D eigenvalue weighted by Crippen LogP contribution is 2.82. The molecule has 2 N–H and O–H groups in total. The fraction of sp³-hybridized carbons (Fsp3) is 0.667. The highest BCUT2D eigenvalue weighted by Gasteiger charge is 2.86. The molecule has 1 aromatic carbocycles. The average Bonchev–Trinajstić information content (AvgIpc) is 3.48. The van der Waals surface area contributed by atoms with Gasteiger partial charge in [-0.15, -0.1) is 0 Å². The summed E-state index contributed by atoms with van der Waals surface area (Å²) in [5.74, 6) is 0.591. The molecule has 152 valence electrons. The molecule has 5 nitrogen and oxygen atoms in total. The van der Waals surface area contributed by atoms with Gasteiger partial charge in [0.15, 0.2) is 0 Å². The van der Waals surface area contributed by atoms with Crippen molar-refractivity contribution in [3.63, 3.8) is 0 Å². The first-order valence-corrected chi connectivity index (χ1v) is 11.3. The Balaban J connectivity index is 1.16. The summed E-state index contributed by atoms with van der Waals surface area (Å²) in [5, 5.41) is 13.9. The predicted molar refractivity (Wildman–Crippen MR) is 107 cm³/mol. The number of benzene rings is 1. The van der Waals surface area contributed by atoms with E-state index in [0.717, 1.165) is 43.4 Å². The van der Waals surface area contributed by atoms with Crippen LogP contribution < -0.4 is 5.32 Å². The second-order valence-corrected chi connectivity index (χ2v) is 11.1. The quantitative estimate of drug-likeness (QED) is 0.826. The van der Waals surface area contributed by atoms with E-state index in [2.05, 4.69) is 23.2 Å². The summed E-state index contributed by atoms with van der Waals surface area (Å²) < 4.78 is 0. The Hall–Kier alpha value is -1.88. The number of hydrogen-bond donors (Lipinski definition) is 2. The Morgan fingerprint density at radius 2 is 2.10 bits per heavy atom. The highest BCUT2D eigenvalue weighted by atomic mass is 16.3. The van der Waals surface area contributed by atoms with Crippen molar-refractivity contribution in [2.75, 3.05) is 5.32 Å². The molecule has 29 heavy (non-hydrogen) atoms. The Kier molecular flexibility index (Phi) is 2.84. The zero-order chi connectivity index (χ0) is 19.8. The van der Waals surface area contributed by atoms with Crippen LogP contribution >= 0.6 is 0 Å². The topological polar surface area (TPSA) is 69.6 Å². The Morgan fingerprint density at radius 1 is 1.28 bits per heavy atom. The van der Waals surface area contributed by atoms with E-state index in [1.807, 2.05) is 12.1 Å². The van der Waals surface area contributed by atoms with Gasteiger partial charge in [-0.1, -0.05) is 19.1 Å². The van der Waals surface area contributed by atoms with E-state index in [1.54, 1.807) is 0 Å². The van der Waals surface area contributed by atoms with E-state index < -0.39 is 5.60 Å². The van der Waals surface area contributed by atoms with Crippen molar-refractivity contribution in [3.05, 3.63) is 29.3 Å². The number of nitrogens with zero attached hydrogens (tertiary/aromatic N) is 1. The molecule has 7 aliphatic rings. The van der Waals surface area contributed by atoms with Gasteiger partial charge in [0.2, 0.25) is 11.8 Å². The zero-order valence-electron chi connectivity index (χ0n) is 16.9. The molecule has 2 spiro atoms.